The summed E-state index contributed by atoms with van der Waals surface area (Å²) in [6, 6.07) is 16.5. The Bertz CT molecular complexity index is 774. The van der Waals surface area contributed by atoms with Gasteiger partial charge in [-0.3, -0.25) is 9.59 Å². The Labute approximate surface area is 154 Å². The summed E-state index contributed by atoms with van der Waals surface area (Å²) in [5.74, 6) is 0.242. The second kappa shape index (κ2) is 8.04. The molecule has 0 bridgehead atoms. The Morgan fingerprint density at radius 3 is 2.50 bits per heavy atom. The summed E-state index contributed by atoms with van der Waals surface area (Å²) in [5, 5.41) is 2.84. The van der Waals surface area contributed by atoms with Gasteiger partial charge in [0.25, 0.3) is 5.91 Å². The minimum absolute atomic E-state index is 0.0177. The molecule has 26 heavy (non-hydrogen) atoms. The SMILES string of the molecule is CC(C)[C@H](NC(=O)COc1ccccc1)C(=O)N1CCc2ccccc21. The van der Waals surface area contributed by atoms with Gasteiger partial charge in [-0.2, -0.15) is 0 Å². The minimum Gasteiger partial charge on any atom is -0.484 e. The number of carbonyl (C=O) groups is 2. The van der Waals surface area contributed by atoms with Crippen LogP contribution in [0.25, 0.3) is 0 Å². The standard InChI is InChI=1S/C21H24N2O3/c1-15(2)20(22-19(24)14-26-17-9-4-3-5-10-17)21(25)23-13-12-16-8-6-7-11-18(16)23/h3-11,15,20H,12-14H2,1-2H3,(H,22,24)/t20-/m0/s1. The Morgan fingerprint density at radius 1 is 1.08 bits per heavy atom. The van der Waals surface area contributed by atoms with Gasteiger partial charge in [0.1, 0.15) is 11.8 Å². The zero-order valence-electron chi connectivity index (χ0n) is 15.1. The molecule has 1 atom stereocenters. The van der Waals surface area contributed by atoms with Crippen molar-refractivity contribution in [1.82, 2.24) is 5.32 Å². The lowest BCUT2D eigenvalue weighted by Gasteiger charge is -2.27. The van der Waals surface area contributed by atoms with Gasteiger partial charge in [-0.05, 0) is 36.1 Å². The third-order valence-electron chi connectivity index (χ3n) is 4.52. The van der Waals surface area contributed by atoms with Crippen molar-refractivity contribution < 1.29 is 14.3 Å². The van der Waals surface area contributed by atoms with Crippen molar-refractivity contribution in [2.75, 3.05) is 18.1 Å². The molecule has 0 unspecified atom stereocenters. The molecule has 1 heterocycles. The number of carbonyl (C=O) groups excluding carboxylic acids is 2. The molecule has 0 radical (unpaired) electrons. The van der Waals surface area contributed by atoms with E-state index in [1.807, 2.05) is 56.3 Å². The minimum atomic E-state index is -0.576. The highest BCUT2D eigenvalue weighted by Crippen LogP contribution is 2.28. The number of fused-ring (bicyclic) bond motifs is 1. The molecule has 5 nitrogen and oxygen atoms in total. The van der Waals surface area contributed by atoms with Gasteiger partial charge in [0.05, 0.1) is 0 Å². The number of ether oxygens (including phenoxy) is 1. The molecule has 0 saturated carbocycles. The summed E-state index contributed by atoms with van der Waals surface area (Å²) >= 11 is 0. The maximum absolute atomic E-state index is 13.0. The first kappa shape index (κ1) is 18.0. The maximum atomic E-state index is 13.0. The van der Waals surface area contributed by atoms with Crippen molar-refractivity contribution >= 4 is 17.5 Å². The molecule has 1 aliphatic heterocycles. The first-order chi connectivity index (χ1) is 12.6. The molecule has 0 aromatic heterocycles. The van der Waals surface area contributed by atoms with Crippen LogP contribution in [-0.4, -0.2) is 31.0 Å². The number of anilines is 1. The van der Waals surface area contributed by atoms with E-state index in [1.165, 1.54) is 5.56 Å². The first-order valence-electron chi connectivity index (χ1n) is 8.93. The third kappa shape index (κ3) is 4.04. The van der Waals surface area contributed by atoms with E-state index in [0.717, 1.165) is 12.1 Å². The normalized spacial score (nSPS) is 14.0. The quantitative estimate of drug-likeness (QED) is 0.870. The lowest BCUT2D eigenvalue weighted by molar-refractivity contribution is -0.129. The van der Waals surface area contributed by atoms with Crippen molar-refractivity contribution in [3.63, 3.8) is 0 Å². The predicted molar refractivity (Wildman–Crippen MR) is 101 cm³/mol. The van der Waals surface area contributed by atoms with Crippen molar-refractivity contribution in [2.45, 2.75) is 26.3 Å². The van der Waals surface area contributed by atoms with Gasteiger partial charge in [-0.1, -0.05) is 50.2 Å². The van der Waals surface area contributed by atoms with Crippen molar-refractivity contribution in [3.8, 4) is 5.75 Å². The van der Waals surface area contributed by atoms with Crippen LogP contribution in [0.15, 0.2) is 54.6 Å². The van der Waals surface area contributed by atoms with Crippen LogP contribution < -0.4 is 15.0 Å². The smallest absolute Gasteiger partial charge is 0.258 e. The lowest BCUT2D eigenvalue weighted by atomic mass is 10.0. The fraction of sp³-hybridized carbons (Fsp3) is 0.333. The van der Waals surface area contributed by atoms with Gasteiger partial charge in [-0.25, -0.2) is 0 Å². The van der Waals surface area contributed by atoms with Gasteiger partial charge in [-0.15, -0.1) is 0 Å². The van der Waals surface area contributed by atoms with Crippen LogP contribution in [0.2, 0.25) is 0 Å². The average molecular weight is 352 g/mol. The van der Waals surface area contributed by atoms with Gasteiger partial charge in [0.15, 0.2) is 6.61 Å². The molecule has 2 aromatic rings. The Morgan fingerprint density at radius 2 is 1.77 bits per heavy atom. The summed E-state index contributed by atoms with van der Waals surface area (Å²) in [6.07, 6.45) is 0.845. The van der Waals surface area contributed by atoms with Crippen molar-refractivity contribution in [1.29, 1.82) is 0 Å². The first-order valence-corrected chi connectivity index (χ1v) is 8.93. The molecule has 136 valence electrons. The highest BCUT2D eigenvalue weighted by molar-refractivity contribution is 6.01. The highest BCUT2D eigenvalue weighted by atomic mass is 16.5. The zero-order valence-corrected chi connectivity index (χ0v) is 15.1. The van der Waals surface area contributed by atoms with Gasteiger partial charge in [0, 0.05) is 12.2 Å². The van der Waals surface area contributed by atoms with E-state index in [0.29, 0.717) is 12.3 Å². The van der Waals surface area contributed by atoms with Crippen LogP contribution in [-0.2, 0) is 16.0 Å². The fourth-order valence-corrected chi connectivity index (χ4v) is 3.13. The van der Waals surface area contributed by atoms with Crippen LogP contribution in [0.1, 0.15) is 19.4 Å². The Hall–Kier alpha value is -2.82. The molecule has 2 aromatic carbocycles. The van der Waals surface area contributed by atoms with E-state index in [4.69, 9.17) is 4.74 Å². The van der Waals surface area contributed by atoms with E-state index in [9.17, 15) is 9.59 Å². The van der Waals surface area contributed by atoms with E-state index < -0.39 is 6.04 Å². The predicted octanol–water partition coefficient (Wildman–Crippen LogP) is 2.80. The van der Waals surface area contributed by atoms with E-state index in [1.54, 1.807) is 17.0 Å². The molecule has 0 saturated heterocycles. The van der Waals surface area contributed by atoms with E-state index in [-0.39, 0.29) is 24.3 Å². The van der Waals surface area contributed by atoms with Crippen molar-refractivity contribution in [3.05, 3.63) is 60.2 Å². The molecule has 0 spiro atoms. The van der Waals surface area contributed by atoms with Crippen LogP contribution in [0.4, 0.5) is 5.69 Å². The molecule has 0 fully saturated rings. The molecule has 1 N–H and O–H groups in total. The van der Waals surface area contributed by atoms with Gasteiger partial charge in [0.2, 0.25) is 5.91 Å². The van der Waals surface area contributed by atoms with Crippen LogP contribution in [0, 0.1) is 5.92 Å². The number of hydrogen-bond donors (Lipinski definition) is 1. The lowest BCUT2D eigenvalue weighted by Crippen LogP contribution is -2.52. The molecule has 3 rings (SSSR count). The number of nitrogens with one attached hydrogen (secondary N) is 1. The number of amides is 2. The van der Waals surface area contributed by atoms with Gasteiger partial charge < -0.3 is 15.0 Å². The largest absolute Gasteiger partial charge is 0.484 e. The summed E-state index contributed by atoms with van der Waals surface area (Å²) in [6.45, 7) is 4.40. The fourth-order valence-electron chi connectivity index (χ4n) is 3.13. The van der Waals surface area contributed by atoms with Crippen molar-refractivity contribution in [2.24, 2.45) is 5.92 Å². The molecule has 1 aliphatic rings. The average Bonchev–Trinajstić information content (AvgIpc) is 3.08. The molecule has 0 aliphatic carbocycles. The molecule has 2 amide bonds. The van der Waals surface area contributed by atoms with E-state index in [2.05, 4.69) is 5.32 Å². The molecule has 5 heteroatoms. The molecular formula is C21H24N2O3. The van der Waals surface area contributed by atoms with Crippen LogP contribution in [0.3, 0.4) is 0 Å². The maximum Gasteiger partial charge on any atom is 0.258 e. The number of nitrogens with zero attached hydrogens (tertiary/aromatic N) is 1. The summed E-state index contributed by atoms with van der Waals surface area (Å²) in [5.41, 5.74) is 2.11. The number of para-hydroxylation sites is 2. The van der Waals surface area contributed by atoms with Crippen LogP contribution in [0.5, 0.6) is 5.75 Å². The highest BCUT2D eigenvalue weighted by Gasteiger charge is 2.32. The third-order valence-corrected chi connectivity index (χ3v) is 4.52. The summed E-state index contributed by atoms with van der Waals surface area (Å²) < 4.78 is 5.47. The second-order valence-electron chi connectivity index (χ2n) is 6.76. The van der Waals surface area contributed by atoms with Crippen LogP contribution >= 0.6 is 0 Å². The molecular weight excluding hydrogens is 328 g/mol. The Kier molecular flexibility index (Phi) is 5.56. The summed E-state index contributed by atoms with van der Waals surface area (Å²) in [4.78, 5) is 27.1. The van der Waals surface area contributed by atoms with Gasteiger partial charge >= 0.3 is 0 Å². The van der Waals surface area contributed by atoms with E-state index >= 15 is 0 Å². The Balaban J connectivity index is 1.64. The number of benzene rings is 2. The number of rotatable bonds is 6. The second-order valence-corrected chi connectivity index (χ2v) is 6.76. The number of hydrogen-bond acceptors (Lipinski definition) is 3. The zero-order chi connectivity index (χ0) is 18.5. The monoisotopic (exact) mass is 352 g/mol. The topological polar surface area (TPSA) is 58.6 Å². The summed E-state index contributed by atoms with van der Waals surface area (Å²) in [7, 11) is 0.